The molecule has 5 heteroatoms. The molecule has 0 spiro atoms. The fraction of sp³-hybridized carbons (Fsp3) is 0.500. The number of imidazole rings is 1. The molecule has 1 aromatic heterocycles. The molecule has 0 saturated carbocycles. The highest BCUT2D eigenvalue weighted by atomic mass is 19.1. The Balaban J connectivity index is 1.85. The number of nitrogens with one attached hydrogen (secondary N) is 2. The van der Waals surface area contributed by atoms with Crippen LogP contribution in [-0.4, -0.2) is 36.6 Å². The standard InChI is InChI=1S/C14H19FN4/c1-14(8-16-2)5-6-19(9-14)13-17-11-4-3-10(15)7-12(11)18-13/h3-4,7,16H,5-6,8-9H2,1-2H3,(H,17,18). The predicted octanol–water partition coefficient (Wildman–Crippen LogP) is 2.14. The normalized spacial score (nSPS) is 23.4. The Morgan fingerprint density at radius 3 is 3.16 bits per heavy atom. The summed E-state index contributed by atoms with van der Waals surface area (Å²) in [6.45, 7) is 5.24. The second-order valence-corrected chi connectivity index (χ2v) is 5.73. The van der Waals surface area contributed by atoms with E-state index in [0.717, 1.165) is 43.0 Å². The zero-order chi connectivity index (χ0) is 13.5. The molecule has 1 fully saturated rings. The number of fused-ring (bicyclic) bond motifs is 1. The Kier molecular flexibility index (Phi) is 2.93. The van der Waals surface area contributed by atoms with Crippen LogP contribution in [0.25, 0.3) is 11.0 Å². The van der Waals surface area contributed by atoms with Gasteiger partial charge in [0.25, 0.3) is 0 Å². The summed E-state index contributed by atoms with van der Waals surface area (Å²) in [5.74, 6) is 0.615. The third-order valence-corrected chi connectivity index (χ3v) is 3.89. The van der Waals surface area contributed by atoms with Gasteiger partial charge in [-0.1, -0.05) is 6.92 Å². The van der Waals surface area contributed by atoms with E-state index in [4.69, 9.17) is 0 Å². The molecule has 1 saturated heterocycles. The Hall–Kier alpha value is -1.62. The van der Waals surface area contributed by atoms with Gasteiger partial charge in [0, 0.05) is 19.6 Å². The molecule has 2 aromatic rings. The van der Waals surface area contributed by atoms with E-state index in [1.165, 1.54) is 12.1 Å². The molecule has 2 heterocycles. The maximum atomic E-state index is 13.2. The quantitative estimate of drug-likeness (QED) is 0.890. The first-order valence-electron chi connectivity index (χ1n) is 6.64. The average molecular weight is 262 g/mol. The highest BCUT2D eigenvalue weighted by molar-refractivity contribution is 5.77. The summed E-state index contributed by atoms with van der Waals surface area (Å²) < 4.78 is 13.2. The number of rotatable bonds is 3. The van der Waals surface area contributed by atoms with Crippen molar-refractivity contribution in [3.8, 4) is 0 Å². The first-order chi connectivity index (χ1) is 9.09. The van der Waals surface area contributed by atoms with Gasteiger partial charge in [0.05, 0.1) is 11.0 Å². The summed E-state index contributed by atoms with van der Waals surface area (Å²) in [5, 5.41) is 3.25. The zero-order valence-corrected chi connectivity index (χ0v) is 11.3. The summed E-state index contributed by atoms with van der Waals surface area (Å²) in [6.07, 6.45) is 1.14. The van der Waals surface area contributed by atoms with Gasteiger partial charge in [-0.15, -0.1) is 0 Å². The fourth-order valence-corrected chi connectivity index (χ4v) is 2.89. The Morgan fingerprint density at radius 1 is 1.53 bits per heavy atom. The SMILES string of the molecule is CNCC1(C)CCN(c2nc3ccc(F)cc3[nH]2)C1. The van der Waals surface area contributed by atoms with Crippen LogP contribution in [0.5, 0.6) is 0 Å². The number of aromatic amines is 1. The van der Waals surface area contributed by atoms with Crippen LogP contribution in [0.4, 0.5) is 10.3 Å². The maximum absolute atomic E-state index is 13.2. The number of benzene rings is 1. The smallest absolute Gasteiger partial charge is 0.203 e. The van der Waals surface area contributed by atoms with E-state index in [1.54, 1.807) is 6.07 Å². The molecule has 0 aliphatic carbocycles. The summed E-state index contributed by atoms with van der Waals surface area (Å²) in [7, 11) is 1.98. The van der Waals surface area contributed by atoms with Crippen molar-refractivity contribution in [3.63, 3.8) is 0 Å². The molecule has 0 amide bonds. The lowest BCUT2D eigenvalue weighted by Gasteiger charge is -2.23. The van der Waals surface area contributed by atoms with Gasteiger partial charge < -0.3 is 15.2 Å². The van der Waals surface area contributed by atoms with Crippen molar-refractivity contribution in [2.24, 2.45) is 5.41 Å². The third kappa shape index (κ3) is 2.30. The van der Waals surface area contributed by atoms with Crippen molar-refractivity contribution in [1.82, 2.24) is 15.3 Å². The van der Waals surface area contributed by atoms with Gasteiger partial charge in [-0.05, 0) is 37.1 Å². The largest absolute Gasteiger partial charge is 0.342 e. The van der Waals surface area contributed by atoms with Crippen LogP contribution in [0.2, 0.25) is 0 Å². The molecule has 1 aliphatic rings. The lowest BCUT2D eigenvalue weighted by Crippen LogP contribution is -2.33. The van der Waals surface area contributed by atoms with Crippen molar-refractivity contribution < 1.29 is 4.39 Å². The van der Waals surface area contributed by atoms with Gasteiger partial charge in [0.15, 0.2) is 0 Å². The molecule has 19 heavy (non-hydrogen) atoms. The molecule has 4 nitrogen and oxygen atoms in total. The van der Waals surface area contributed by atoms with Crippen molar-refractivity contribution in [2.45, 2.75) is 13.3 Å². The molecule has 2 N–H and O–H groups in total. The number of H-pyrrole nitrogens is 1. The topological polar surface area (TPSA) is 44.0 Å². The van der Waals surface area contributed by atoms with E-state index >= 15 is 0 Å². The van der Waals surface area contributed by atoms with Crippen molar-refractivity contribution in [2.75, 3.05) is 31.6 Å². The van der Waals surface area contributed by atoms with E-state index < -0.39 is 0 Å². The minimum Gasteiger partial charge on any atom is -0.342 e. The summed E-state index contributed by atoms with van der Waals surface area (Å²) in [5.41, 5.74) is 1.86. The van der Waals surface area contributed by atoms with Crippen LogP contribution in [0.15, 0.2) is 18.2 Å². The molecule has 1 unspecified atom stereocenters. The lowest BCUT2D eigenvalue weighted by atomic mass is 9.90. The molecule has 1 aliphatic heterocycles. The van der Waals surface area contributed by atoms with Gasteiger partial charge in [-0.25, -0.2) is 9.37 Å². The van der Waals surface area contributed by atoms with Crippen LogP contribution >= 0.6 is 0 Å². The van der Waals surface area contributed by atoms with Crippen LogP contribution < -0.4 is 10.2 Å². The van der Waals surface area contributed by atoms with Crippen LogP contribution in [0, 0.1) is 11.2 Å². The van der Waals surface area contributed by atoms with Crippen molar-refractivity contribution in [3.05, 3.63) is 24.0 Å². The predicted molar refractivity (Wildman–Crippen MR) is 74.9 cm³/mol. The Labute approximate surface area is 112 Å². The fourth-order valence-electron chi connectivity index (χ4n) is 2.89. The van der Waals surface area contributed by atoms with Crippen molar-refractivity contribution in [1.29, 1.82) is 0 Å². The monoisotopic (exact) mass is 262 g/mol. The van der Waals surface area contributed by atoms with E-state index in [0.29, 0.717) is 0 Å². The average Bonchev–Trinajstić information content (AvgIpc) is 2.93. The number of anilines is 1. The maximum Gasteiger partial charge on any atom is 0.203 e. The van der Waals surface area contributed by atoms with Crippen LogP contribution in [0.3, 0.4) is 0 Å². The minimum absolute atomic E-state index is 0.232. The van der Waals surface area contributed by atoms with E-state index in [9.17, 15) is 4.39 Å². The van der Waals surface area contributed by atoms with Gasteiger partial charge in [-0.3, -0.25) is 0 Å². The second kappa shape index (κ2) is 4.49. The minimum atomic E-state index is -0.232. The van der Waals surface area contributed by atoms with Crippen LogP contribution in [0.1, 0.15) is 13.3 Å². The first kappa shape index (κ1) is 12.4. The number of hydrogen-bond acceptors (Lipinski definition) is 3. The molecule has 102 valence electrons. The summed E-state index contributed by atoms with van der Waals surface area (Å²) in [6, 6.07) is 4.66. The molecular formula is C14H19FN4. The summed E-state index contributed by atoms with van der Waals surface area (Å²) in [4.78, 5) is 10.0. The molecule has 1 atom stereocenters. The second-order valence-electron chi connectivity index (χ2n) is 5.73. The highest BCUT2D eigenvalue weighted by Crippen LogP contribution is 2.32. The van der Waals surface area contributed by atoms with Gasteiger partial charge >= 0.3 is 0 Å². The van der Waals surface area contributed by atoms with Gasteiger partial charge in [0.2, 0.25) is 5.95 Å². The van der Waals surface area contributed by atoms with Crippen LogP contribution in [-0.2, 0) is 0 Å². The Morgan fingerprint density at radius 2 is 2.37 bits per heavy atom. The molecule has 3 rings (SSSR count). The Bertz CT molecular complexity index is 594. The van der Waals surface area contributed by atoms with E-state index in [1.807, 2.05) is 7.05 Å². The number of nitrogens with zero attached hydrogens (tertiary/aromatic N) is 2. The molecule has 0 bridgehead atoms. The zero-order valence-electron chi connectivity index (χ0n) is 11.3. The lowest BCUT2D eigenvalue weighted by molar-refractivity contribution is 0.355. The van der Waals surface area contributed by atoms with E-state index in [-0.39, 0.29) is 11.2 Å². The first-order valence-corrected chi connectivity index (χ1v) is 6.64. The molecule has 0 radical (unpaired) electrons. The van der Waals surface area contributed by atoms with Crippen molar-refractivity contribution >= 4 is 17.0 Å². The van der Waals surface area contributed by atoms with E-state index in [2.05, 4.69) is 27.1 Å². The number of halogens is 1. The van der Waals surface area contributed by atoms with Gasteiger partial charge in [-0.2, -0.15) is 0 Å². The highest BCUT2D eigenvalue weighted by Gasteiger charge is 2.34. The summed E-state index contributed by atoms with van der Waals surface area (Å²) >= 11 is 0. The molecule has 1 aromatic carbocycles. The number of aromatic nitrogens is 2. The molecular weight excluding hydrogens is 243 g/mol. The van der Waals surface area contributed by atoms with Gasteiger partial charge in [0.1, 0.15) is 5.82 Å². The number of hydrogen-bond donors (Lipinski definition) is 2. The third-order valence-electron chi connectivity index (χ3n) is 3.89.